The van der Waals surface area contributed by atoms with Crippen molar-refractivity contribution in [1.82, 2.24) is 4.57 Å². The first kappa shape index (κ1) is 9.96. The first-order valence-corrected chi connectivity index (χ1v) is 5.85. The van der Waals surface area contributed by atoms with Gasteiger partial charge >= 0.3 is 4.87 Å². The zero-order valence-corrected chi connectivity index (χ0v) is 10.1. The van der Waals surface area contributed by atoms with Gasteiger partial charge in [-0.3, -0.25) is 9.36 Å². The molecule has 1 aromatic heterocycles. The highest BCUT2D eigenvalue weighted by Gasteiger charge is 2.05. The van der Waals surface area contributed by atoms with Gasteiger partial charge in [-0.05, 0) is 18.2 Å². The molecule has 0 aliphatic carbocycles. The Hall–Kier alpha value is -0.580. The maximum atomic E-state index is 11.4. The summed E-state index contributed by atoms with van der Waals surface area (Å²) in [5.74, 6) is 0. The van der Waals surface area contributed by atoms with Gasteiger partial charge in [0.1, 0.15) is 0 Å². The molecule has 1 aromatic carbocycles. The number of nitrogens with zero attached hydrogens (tertiary/aromatic N) is 1. The molecule has 0 saturated heterocycles. The maximum Gasteiger partial charge on any atom is 0.311 e. The van der Waals surface area contributed by atoms with Gasteiger partial charge in [-0.1, -0.05) is 38.9 Å². The van der Waals surface area contributed by atoms with Crippen LogP contribution in [0.2, 0.25) is 5.02 Å². The molecule has 2 aromatic rings. The van der Waals surface area contributed by atoms with Gasteiger partial charge in [0, 0.05) is 16.0 Å². The van der Waals surface area contributed by atoms with Crippen LogP contribution in [0.15, 0.2) is 39.0 Å². The van der Waals surface area contributed by atoms with Crippen LogP contribution in [0.4, 0.5) is 0 Å². The topological polar surface area (TPSA) is 22.0 Å². The van der Waals surface area contributed by atoms with E-state index in [0.717, 1.165) is 15.8 Å². The highest BCUT2D eigenvalue weighted by Crippen LogP contribution is 2.23. The predicted molar refractivity (Wildman–Crippen MR) is 62.6 cm³/mol. The molecule has 0 amide bonds. The molecule has 0 bridgehead atoms. The van der Waals surface area contributed by atoms with Crippen molar-refractivity contribution in [2.45, 2.75) is 0 Å². The molecule has 0 atom stereocenters. The molecule has 0 fully saturated rings. The highest BCUT2D eigenvalue weighted by molar-refractivity contribution is 9.10. The number of thiazole rings is 1. The second-order valence-corrected chi connectivity index (χ2v) is 4.81. The second kappa shape index (κ2) is 3.88. The third-order valence-electron chi connectivity index (χ3n) is 1.74. The highest BCUT2D eigenvalue weighted by atomic mass is 79.9. The van der Waals surface area contributed by atoms with Crippen molar-refractivity contribution in [2.24, 2.45) is 0 Å². The van der Waals surface area contributed by atoms with E-state index in [-0.39, 0.29) is 4.87 Å². The Morgan fingerprint density at radius 1 is 1.43 bits per heavy atom. The number of rotatable bonds is 1. The van der Waals surface area contributed by atoms with E-state index in [1.807, 2.05) is 6.07 Å². The van der Waals surface area contributed by atoms with E-state index in [1.165, 1.54) is 4.57 Å². The number of aromatic nitrogens is 1. The minimum Gasteiger partial charge on any atom is -0.273 e. The zero-order valence-electron chi connectivity index (χ0n) is 6.91. The van der Waals surface area contributed by atoms with Crippen LogP contribution < -0.4 is 4.87 Å². The average Bonchev–Trinajstić information content (AvgIpc) is 2.52. The van der Waals surface area contributed by atoms with Gasteiger partial charge in [0.15, 0.2) is 0 Å². The molecule has 0 spiro atoms. The van der Waals surface area contributed by atoms with E-state index in [1.54, 1.807) is 23.7 Å². The van der Waals surface area contributed by atoms with E-state index in [4.69, 9.17) is 11.6 Å². The maximum absolute atomic E-state index is 11.4. The molecule has 14 heavy (non-hydrogen) atoms. The summed E-state index contributed by atoms with van der Waals surface area (Å²) in [5.41, 5.74) is 0.709. The fraction of sp³-hybridized carbons (Fsp3) is 0. The van der Waals surface area contributed by atoms with Crippen LogP contribution in [0.5, 0.6) is 0 Å². The third-order valence-corrected chi connectivity index (χ3v) is 3.20. The van der Waals surface area contributed by atoms with E-state index in [2.05, 4.69) is 15.9 Å². The van der Waals surface area contributed by atoms with Crippen molar-refractivity contribution in [1.29, 1.82) is 0 Å². The van der Waals surface area contributed by atoms with E-state index in [9.17, 15) is 4.79 Å². The van der Waals surface area contributed by atoms with Gasteiger partial charge in [-0.25, -0.2) is 0 Å². The second-order valence-electron chi connectivity index (χ2n) is 2.63. The number of benzene rings is 1. The molecule has 0 aliphatic heterocycles. The normalized spacial score (nSPS) is 10.4. The summed E-state index contributed by atoms with van der Waals surface area (Å²) in [7, 11) is 0. The monoisotopic (exact) mass is 289 g/mol. The van der Waals surface area contributed by atoms with E-state index < -0.39 is 0 Å². The standard InChI is InChI=1S/C9H5BrClNOS/c10-6-1-2-8(7(11)5-6)12-3-4-14-9(12)13/h1-5H. The molecule has 72 valence electrons. The molecule has 0 unspecified atom stereocenters. The molecular weight excluding hydrogens is 286 g/mol. The first-order valence-electron chi connectivity index (χ1n) is 3.80. The van der Waals surface area contributed by atoms with Crippen LogP contribution in [0.3, 0.4) is 0 Å². The lowest BCUT2D eigenvalue weighted by Gasteiger charge is -2.03. The van der Waals surface area contributed by atoms with Gasteiger partial charge in [-0.2, -0.15) is 0 Å². The lowest BCUT2D eigenvalue weighted by molar-refractivity contribution is 1.04. The van der Waals surface area contributed by atoms with Crippen molar-refractivity contribution < 1.29 is 0 Å². The van der Waals surface area contributed by atoms with Crippen LogP contribution in [0, 0.1) is 0 Å². The van der Waals surface area contributed by atoms with Crippen LogP contribution in [-0.2, 0) is 0 Å². The summed E-state index contributed by atoms with van der Waals surface area (Å²) in [5, 5.41) is 2.29. The summed E-state index contributed by atoms with van der Waals surface area (Å²) < 4.78 is 2.42. The van der Waals surface area contributed by atoms with Crippen LogP contribution in [0.1, 0.15) is 0 Å². The summed E-state index contributed by atoms with van der Waals surface area (Å²) in [4.78, 5) is 11.3. The van der Waals surface area contributed by atoms with E-state index in [0.29, 0.717) is 10.7 Å². The Morgan fingerprint density at radius 3 is 2.79 bits per heavy atom. The average molecular weight is 291 g/mol. The lowest BCUT2D eigenvalue weighted by Crippen LogP contribution is -2.09. The fourth-order valence-corrected chi connectivity index (χ4v) is 2.46. The summed E-state index contributed by atoms with van der Waals surface area (Å²) in [6.45, 7) is 0. The summed E-state index contributed by atoms with van der Waals surface area (Å²) >= 11 is 10.5. The van der Waals surface area contributed by atoms with Crippen molar-refractivity contribution in [3.05, 3.63) is 48.9 Å². The van der Waals surface area contributed by atoms with Crippen molar-refractivity contribution in [3.63, 3.8) is 0 Å². The Kier molecular flexibility index (Phi) is 2.76. The minimum atomic E-state index is -0.0331. The number of halogens is 2. The molecule has 2 rings (SSSR count). The minimum absolute atomic E-state index is 0.0331. The molecule has 1 heterocycles. The SMILES string of the molecule is O=c1sccn1-c1ccc(Br)cc1Cl. The molecule has 0 saturated carbocycles. The summed E-state index contributed by atoms with van der Waals surface area (Å²) in [6.07, 6.45) is 1.71. The first-order chi connectivity index (χ1) is 6.68. The lowest BCUT2D eigenvalue weighted by atomic mass is 10.3. The molecule has 0 N–H and O–H groups in total. The molecule has 0 radical (unpaired) electrons. The molecular formula is C9H5BrClNOS. The van der Waals surface area contributed by atoms with Crippen LogP contribution in [-0.4, -0.2) is 4.57 Å². The Bertz CT molecular complexity index is 520. The predicted octanol–water partition coefficient (Wildman–Crippen LogP) is 3.31. The van der Waals surface area contributed by atoms with Gasteiger partial charge in [0.05, 0.1) is 10.7 Å². The fourth-order valence-electron chi connectivity index (χ4n) is 1.12. The Labute approximate surface area is 97.9 Å². The Morgan fingerprint density at radius 2 is 2.21 bits per heavy atom. The van der Waals surface area contributed by atoms with Crippen molar-refractivity contribution in [2.75, 3.05) is 0 Å². The largest absolute Gasteiger partial charge is 0.311 e. The van der Waals surface area contributed by atoms with Gasteiger partial charge in [-0.15, -0.1) is 0 Å². The van der Waals surface area contributed by atoms with E-state index >= 15 is 0 Å². The molecule has 5 heteroatoms. The van der Waals surface area contributed by atoms with Gasteiger partial charge in [0.2, 0.25) is 0 Å². The Balaban J connectivity index is 2.63. The van der Waals surface area contributed by atoms with Crippen LogP contribution in [0.25, 0.3) is 5.69 Å². The number of hydrogen-bond donors (Lipinski definition) is 0. The quantitative estimate of drug-likeness (QED) is 0.790. The smallest absolute Gasteiger partial charge is 0.273 e. The van der Waals surface area contributed by atoms with Gasteiger partial charge in [0.25, 0.3) is 0 Å². The van der Waals surface area contributed by atoms with Crippen molar-refractivity contribution in [3.8, 4) is 5.69 Å². The number of hydrogen-bond acceptors (Lipinski definition) is 2. The third kappa shape index (κ3) is 1.78. The molecule has 2 nitrogen and oxygen atoms in total. The zero-order chi connectivity index (χ0) is 10.1. The van der Waals surface area contributed by atoms with Gasteiger partial charge < -0.3 is 0 Å². The van der Waals surface area contributed by atoms with Crippen LogP contribution >= 0.6 is 38.9 Å². The van der Waals surface area contributed by atoms with Crippen molar-refractivity contribution >= 4 is 38.9 Å². The molecule has 0 aliphatic rings. The summed E-state index contributed by atoms with van der Waals surface area (Å²) in [6, 6.07) is 5.42.